The Hall–Kier alpha value is 5.39. The van der Waals surface area contributed by atoms with Gasteiger partial charge in [0.1, 0.15) is 0 Å². The number of hydrogen-bond donors (Lipinski definition) is 4. The number of carbonyl (C=O) groups is 2. The molecule has 0 spiro atoms. The minimum absolute atomic E-state index is 0. The van der Waals surface area contributed by atoms with E-state index in [0.29, 0.717) is 0 Å². The van der Waals surface area contributed by atoms with Crippen LogP contribution in [0.2, 0.25) is 0 Å². The summed E-state index contributed by atoms with van der Waals surface area (Å²) in [6.07, 6.45) is 0. The molecule has 0 aliphatic rings. The van der Waals surface area contributed by atoms with Crippen LogP contribution in [0.4, 0.5) is 0 Å². The first-order chi connectivity index (χ1) is 11.1. The van der Waals surface area contributed by atoms with Gasteiger partial charge >= 0.3 is 228 Å². The molecule has 0 heterocycles. The molecule has 0 saturated carbocycles. The maximum absolute atomic E-state index is 8.64. The van der Waals surface area contributed by atoms with Gasteiger partial charge in [0.2, 0.25) is 0 Å². The standard InChI is InChI=1S/2CH2O3.2CHO3.3CH4.2Ag.4K.2HNO3.2Zn.2H/c4*2-1-4-3;;;;;;;;;;2*2-1(3)4;;;;/h2*1,3H;2*3H;3*1H4;;;;;;;2*(H,2,3,4);;;;/q;;2*-1;;;;;5*+1;;;;;2*-1/p-2. The summed E-state index contributed by atoms with van der Waals surface area (Å²) in [5, 5.41) is 58.0. The van der Waals surface area contributed by atoms with E-state index in [1.165, 1.54) is 0 Å². The molecular formula is C7H20Ag2K4N2O18Zn2-. The van der Waals surface area contributed by atoms with Crippen molar-refractivity contribution < 1.29 is 372 Å². The molecule has 0 unspecified atom stereocenters. The van der Waals surface area contributed by atoms with Gasteiger partial charge in [-0.2, -0.15) is 0 Å². The molecule has 197 valence electrons. The van der Waals surface area contributed by atoms with Gasteiger partial charge in [0.15, 0.2) is 0 Å². The second-order valence-electron chi connectivity index (χ2n) is 1.21. The van der Waals surface area contributed by atoms with Crippen molar-refractivity contribution in [3.05, 3.63) is 20.2 Å². The molecule has 0 aromatic heterocycles. The zero-order valence-electron chi connectivity index (χ0n) is 18.6. The molecule has 0 atom stereocenters. The average molecular weight is 923 g/mol. The largest absolute Gasteiger partial charge is 1.00 e. The van der Waals surface area contributed by atoms with E-state index in [4.69, 9.17) is 70.9 Å². The van der Waals surface area contributed by atoms with Gasteiger partial charge in [-0.05, 0) is 12.9 Å². The molecule has 35 heavy (non-hydrogen) atoms. The summed E-state index contributed by atoms with van der Waals surface area (Å²) in [7, 11) is 0. The van der Waals surface area contributed by atoms with Crippen molar-refractivity contribution in [2.75, 3.05) is 0 Å². The molecular weight excluding hydrogens is 903 g/mol. The maximum atomic E-state index is 8.64. The third-order valence-electron chi connectivity index (χ3n) is 0.153. The zero-order chi connectivity index (χ0) is 20.8. The van der Waals surface area contributed by atoms with Crippen molar-refractivity contribution in [3.63, 3.8) is 0 Å². The van der Waals surface area contributed by atoms with Gasteiger partial charge < -0.3 is 52.9 Å². The predicted molar refractivity (Wildman–Crippen MR) is 73.1 cm³/mol. The Balaban J connectivity index is -0.00000000578. The Morgan fingerprint density at radius 2 is 0.771 bits per heavy atom. The molecule has 0 aliphatic carbocycles. The molecule has 28 heteroatoms. The first-order valence-electron chi connectivity index (χ1n) is 3.59. The number of carbonyl (C=O) groups excluding carboxylic acids is 4. The SMILES string of the molecule is C.C.C.O=CO[O-].O=CO[O-].O=[C-]OO.O=[C-]OO.O=[N+]([O-])O.O=[N+]([O-])O.[Ag+].[Ag].[H-].[H-].[K+].[K+].[K+].[K+].[Zn].[Zn]. The normalized spacial score (nSPS) is 3.77. The van der Waals surface area contributed by atoms with Crippen LogP contribution < -0.4 is 216 Å². The van der Waals surface area contributed by atoms with Crippen LogP contribution in [-0.4, -0.2) is 57.0 Å². The van der Waals surface area contributed by atoms with Crippen LogP contribution >= 0.6 is 0 Å². The Morgan fingerprint density at radius 1 is 0.714 bits per heavy atom. The Kier molecular flexibility index (Phi) is 505. The van der Waals surface area contributed by atoms with Gasteiger partial charge in [0, 0.05) is 61.3 Å². The van der Waals surface area contributed by atoms with Crippen LogP contribution in [0.1, 0.15) is 25.1 Å². The Bertz CT molecular complexity index is 283. The van der Waals surface area contributed by atoms with Crippen LogP contribution in [0.15, 0.2) is 0 Å². The van der Waals surface area contributed by atoms with Gasteiger partial charge in [-0.1, -0.05) is 22.3 Å². The van der Waals surface area contributed by atoms with Gasteiger partial charge in [0.05, 0.1) is 0 Å². The molecule has 1 radical (unpaired) electrons. The molecule has 0 aromatic carbocycles. The monoisotopic (exact) mass is 918 g/mol. The molecule has 0 bridgehead atoms. The topological polar surface area (TPSA) is 319 Å². The first-order valence-corrected chi connectivity index (χ1v) is 3.59. The zero-order valence-corrected chi connectivity index (χ0v) is 38.0. The summed E-state index contributed by atoms with van der Waals surface area (Å²) in [4.78, 5) is 61.8. The summed E-state index contributed by atoms with van der Waals surface area (Å²) in [5.41, 5.74) is 0. The third kappa shape index (κ3) is 624. The van der Waals surface area contributed by atoms with Crippen molar-refractivity contribution in [1.82, 2.24) is 0 Å². The van der Waals surface area contributed by atoms with Crippen molar-refractivity contribution in [2.24, 2.45) is 0 Å². The first kappa shape index (κ1) is 115. The fourth-order valence-electron chi connectivity index (χ4n) is 0. The molecule has 0 amide bonds. The van der Waals surface area contributed by atoms with E-state index < -0.39 is 10.2 Å². The van der Waals surface area contributed by atoms with Crippen molar-refractivity contribution >= 4 is 25.9 Å². The van der Waals surface area contributed by atoms with Crippen molar-refractivity contribution in [1.29, 1.82) is 0 Å². The summed E-state index contributed by atoms with van der Waals surface area (Å²) in [6, 6.07) is 0. The van der Waals surface area contributed by atoms with Crippen LogP contribution in [0.25, 0.3) is 0 Å². The van der Waals surface area contributed by atoms with E-state index in [1.807, 2.05) is 0 Å². The summed E-state index contributed by atoms with van der Waals surface area (Å²) in [6.45, 7) is 1.11. The minimum Gasteiger partial charge on any atom is -1.00 e. The van der Waals surface area contributed by atoms with E-state index in [9.17, 15) is 0 Å². The Morgan fingerprint density at radius 3 is 0.771 bits per heavy atom. The fourth-order valence-corrected chi connectivity index (χ4v) is 0. The number of rotatable bonds is 4. The van der Waals surface area contributed by atoms with Crippen molar-refractivity contribution in [2.45, 2.75) is 22.3 Å². The quantitative estimate of drug-likeness (QED) is 0.0508. The minimum atomic E-state index is -1.50. The summed E-state index contributed by atoms with van der Waals surface area (Å²) < 4.78 is 0. The second-order valence-corrected chi connectivity index (χ2v) is 1.21. The maximum Gasteiger partial charge on any atom is 1.00 e. The smallest absolute Gasteiger partial charge is 1.00 e. The van der Waals surface area contributed by atoms with Crippen LogP contribution in [0.3, 0.4) is 0 Å². The predicted octanol–water partition coefficient (Wildman–Crippen LogP) is -14.6. The third-order valence-corrected chi connectivity index (χ3v) is 0.153. The second kappa shape index (κ2) is 154. The van der Waals surface area contributed by atoms with E-state index in [-0.39, 0.29) is 327 Å². The van der Waals surface area contributed by atoms with E-state index in [0.717, 1.165) is 12.9 Å². The molecule has 0 rings (SSSR count). The van der Waals surface area contributed by atoms with Gasteiger partial charge in [0.25, 0.3) is 23.1 Å². The molecule has 0 aromatic rings. The molecule has 20 nitrogen and oxygen atoms in total. The number of nitrogens with zero attached hydrogens (tertiary/aromatic N) is 2. The van der Waals surface area contributed by atoms with Gasteiger partial charge in [-0.25, -0.2) is 10.5 Å². The van der Waals surface area contributed by atoms with Gasteiger partial charge in [-0.3, -0.25) is 9.59 Å². The average Bonchev–Trinajstić information content (AvgIpc) is 2.54. The van der Waals surface area contributed by atoms with Crippen LogP contribution in [0, 0.1) is 20.2 Å². The van der Waals surface area contributed by atoms with Crippen LogP contribution in [0.5, 0.6) is 0 Å². The summed E-state index contributed by atoms with van der Waals surface area (Å²) in [5.74, 6) is 0. The molecule has 4 N–H and O–H groups in total. The number of hydrogen-bond acceptors (Lipinski definition) is 16. The van der Waals surface area contributed by atoms with Crippen LogP contribution in [-0.2, 0) is 122 Å². The molecule has 0 fully saturated rings. The van der Waals surface area contributed by atoms with Gasteiger partial charge in [-0.15, -0.1) is 20.2 Å². The van der Waals surface area contributed by atoms with E-state index in [1.54, 1.807) is 0 Å². The molecule has 0 saturated heterocycles. The van der Waals surface area contributed by atoms with Crippen molar-refractivity contribution in [3.8, 4) is 0 Å². The fraction of sp³-hybridized carbons (Fsp3) is 0.429. The molecule has 0 aliphatic heterocycles. The van der Waals surface area contributed by atoms with E-state index in [2.05, 4.69) is 19.6 Å². The Labute approximate surface area is 429 Å². The summed E-state index contributed by atoms with van der Waals surface area (Å²) >= 11 is 0. The van der Waals surface area contributed by atoms with E-state index >= 15 is 0 Å².